The van der Waals surface area contributed by atoms with Crippen LogP contribution in [0.4, 0.5) is 0 Å². The minimum Gasteiger partial charge on any atom is -0.0986 e. The van der Waals surface area contributed by atoms with Crippen molar-refractivity contribution in [1.82, 2.24) is 0 Å². The van der Waals surface area contributed by atoms with Crippen LogP contribution < -0.4 is 13.3 Å². The average molecular weight is 457 g/mol. The fraction of sp³-hybridized carbons (Fsp3) is 0.400. The summed E-state index contributed by atoms with van der Waals surface area (Å²) < 4.78 is 4.42. The maximum Gasteiger partial charge on any atom is 0.383 e. The van der Waals surface area contributed by atoms with Crippen LogP contribution in [-0.4, -0.2) is 28.3 Å². The van der Waals surface area contributed by atoms with Gasteiger partial charge in [0.1, 0.15) is 0 Å². The SMILES string of the molecule is CC(C)[CH2][Al]([CH2]C(C)C)[CH2]C(C)C.c1cc[c]([Al]([c]2ccccc2)[c]2ccccc2)cc1. The molecule has 168 valence electrons. The second-order valence-corrected chi connectivity index (χ2v) is 16.4. The van der Waals surface area contributed by atoms with Gasteiger partial charge in [0.15, 0.2) is 0 Å². The quantitative estimate of drug-likeness (QED) is 0.316. The van der Waals surface area contributed by atoms with Crippen molar-refractivity contribution < 1.29 is 0 Å². The van der Waals surface area contributed by atoms with Crippen LogP contribution in [0.25, 0.3) is 0 Å². The average Bonchev–Trinajstić information content (AvgIpc) is 2.75. The fourth-order valence-corrected chi connectivity index (χ4v) is 12.4. The molecular weight excluding hydrogens is 414 g/mol. The van der Waals surface area contributed by atoms with Gasteiger partial charge in [-0.2, -0.15) is 0 Å². The lowest BCUT2D eigenvalue weighted by atomic mass is 10.2. The summed E-state index contributed by atoms with van der Waals surface area (Å²) in [5.41, 5.74) is 0. The first kappa shape index (κ1) is 27.0. The number of benzene rings is 3. The third-order valence-corrected chi connectivity index (χ3v) is 13.8. The molecule has 0 aromatic heterocycles. The zero-order valence-corrected chi connectivity index (χ0v) is 23.5. The summed E-state index contributed by atoms with van der Waals surface area (Å²) in [6.07, 6.45) is 0. The maximum absolute atomic E-state index is 2.38. The van der Waals surface area contributed by atoms with Gasteiger partial charge in [0, 0.05) is 0 Å². The van der Waals surface area contributed by atoms with E-state index in [1.165, 1.54) is 13.3 Å². The predicted octanol–water partition coefficient (Wildman–Crippen LogP) is 6.65. The van der Waals surface area contributed by atoms with E-state index in [0.29, 0.717) is 0 Å². The molecule has 0 amide bonds. The molecule has 0 fully saturated rings. The summed E-state index contributed by atoms with van der Waals surface area (Å²) in [7, 11) is 0. The molecule has 0 unspecified atom stereocenters. The third-order valence-electron chi connectivity index (χ3n) is 5.81. The molecule has 0 nitrogen and oxygen atoms in total. The van der Waals surface area contributed by atoms with Crippen LogP contribution in [0.15, 0.2) is 91.0 Å². The minimum absolute atomic E-state index is 0.407. The van der Waals surface area contributed by atoms with Crippen LogP contribution in [0.3, 0.4) is 0 Å². The Morgan fingerprint density at radius 3 is 0.906 bits per heavy atom. The molecule has 0 atom stereocenters. The Hall–Kier alpha value is -1.28. The lowest BCUT2D eigenvalue weighted by Crippen LogP contribution is -2.51. The molecule has 3 aromatic carbocycles. The normalized spacial score (nSPS) is 10.8. The largest absolute Gasteiger partial charge is 0.383 e. The molecule has 0 N–H and O–H groups in total. The molecule has 0 aliphatic carbocycles. The monoisotopic (exact) mass is 456 g/mol. The fourth-order valence-electron chi connectivity index (χ4n) is 4.80. The molecule has 0 bridgehead atoms. The van der Waals surface area contributed by atoms with Crippen LogP contribution in [0.5, 0.6) is 0 Å². The smallest absolute Gasteiger partial charge is 0.0986 e. The molecule has 3 aromatic rings. The topological polar surface area (TPSA) is 0 Å². The van der Waals surface area contributed by atoms with Crippen LogP contribution in [-0.2, 0) is 0 Å². The van der Waals surface area contributed by atoms with Crippen molar-refractivity contribution in [2.45, 2.75) is 57.4 Å². The molecule has 0 aliphatic heterocycles. The molecule has 0 saturated heterocycles. The summed E-state index contributed by atoms with van der Waals surface area (Å²) in [4.78, 5) is 0. The van der Waals surface area contributed by atoms with E-state index in [4.69, 9.17) is 0 Å². The third kappa shape index (κ3) is 10.1. The molecule has 0 heterocycles. The highest BCUT2D eigenvalue weighted by Gasteiger charge is 2.24. The molecular formula is C30H42Al2. The van der Waals surface area contributed by atoms with E-state index in [1.54, 1.807) is 15.8 Å². The Labute approximate surface area is 206 Å². The summed E-state index contributed by atoms with van der Waals surface area (Å²) in [6, 6.07) is 32.7. The van der Waals surface area contributed by atoms with Gasteiger partial charge in [-0.1, -0.05) is 179 Å². The van der Waals surface area contributed by atoms with E-state index in [1.807, 2.05) is 0 Å². The van der Waals surface area contributed by atoms with Crippen LogP contribution in [0.1, 0.15) is 41.5 Å². The van der Waals surface area contributed by atoms with Crippen molar-refractivity contribution in [3.8, 4) is 0 Å². The van der Waals surface area contributed by atoms with Crippen molar-refractivity contribution in [2.75, 3.05) is 0 Å². The minimum atomic E-state index is -1.31. The molecule has 2 heteroatoms. The Morgan fingerprint density at radius 1 is 0.438 bits per heavy atom. The van der Waals surface area contributed by atoms with Gasteiger partial charge < -0.3 is 0 Å². The van der Waals surface area contributed by atoms with E-state index in [0.717, 1.165) is 17.8 Å². The maximum atomic E-state index is 2.38. The van der Waals surface area contributed by atoms with E-state index < -0.39 is 28.3 Å². The van der Waals surface area contributed by atoms with Gasteiger partial charge >= 0.3 is 14.1 Å². The van der Waals surface area contributed by atoms with Gasteiger partial charge in [-0.05, 0) is 0 Å². The van der Waals surface area contributed by atoms with Crippen molar-refractivity contribution in [1.29, 1.82) is 0 Å². The van der Waals surface area contributed by atoms with Gasteiger partial charge in [0.05, 0.1) is 0 Å². The van der Waals surface area contributed by atoms with E-state index in [-0.39, 0.29) is 0 Å². The van der Waals surface area contributed by atoms with Crippen LogP contribution >= 0.6 is 0 Å². The molecule has 0 saturated carbocycles. The highest BCUT2D eigenvalue weighted by atomic mass is 27.2. The second-order valence-electron chi connectivity index (χ2n) is 10.4. The number of hydrogen-bond acceptors (Lipinski definition) is 0. The number of rotatable bonds is 9. The summed E-state index contributed by atoms with van der Waals surface area (Å²) in [6.45, 7) is 14.3. The second kappa shape index (κ2) is 14.8. The van der Waals surface area contributed by atoms with E-state index >= 15 is 0 Å². The molecule has 3 rings (SSSR count). The lowest BCUT2D eigenvalue weighted by molar-refractivity contribution is 0.659. The predicted molar refractivity (Wildman–Crippen MR) is 149 cm³/mol. The Kier molecular flexibility index (Phi) is 12.5. The first-order valence-corrected chi connectivity index (χ1v) is 16.7. The Balaban J connectivity index is 0.000000247. The van der Waals surface area contributed by atoms with Crippen molar-refractivity contribution in [2.24, 2.45) is 17.8 Å². The first-order chi connectivity index (χ1) is 15.4. The van der Waals surface area contributed by atoms with Gasteiger partial charge in [0.2, 0.25) is 0 Å². The van der Waals surface area contributed by atoms with Crippen LogP contribution in [0.2, 0.25) is 15.8 Å². The zero-order chi connectivity index (χ0) is 23.3. The van der Waals surface area contributed by atoms with Gasteiger partial charge in [-0.15, -0.1) is 0 Å². The number of hydrogen-bond donors (Lipinski definition) is 0. The van der Waals surface area contributed by atoms with Gasteiger partial charge in [-0.25, -0.2) is 0 Å². The van der Waals surface area contributed by atoms with Crippen molar-refractivity contribution in [3.63, 3.8) is 0 Å². The van der Waals surface area contributed by atoms with Gasteiger partial charge in [0.25, 0.3) is 14.1 Å². The Morgan fingerprint density at radius 2 is 0.688 bits per heavy atom. The van der Waals surface area contributed by atoms with Gasteiger partial charge in [-0.3, -0.25) is 0 Å². The summed E-state index contributed by atoms with van der Waals surface area (Å²) >= 11 is -1.72. The Bertz CT molecular complexity index is 724. The van der Waals surface area contributed by atoms with Crippen LogP contribution in [0, 0.1) is 17.8 Å². The van der Waals surface area contributed by atoms with E-state index in [2.05, 4.69) is 133 Å². The highest BCUT2D eigenvalue weighted by Crippen LogP contribution is 2.21. The molecule has 0 spiro atoms. The molecule has 0 radical (unpaired) electrons. The van der Waals surface area contributed by atoms with Crippen molar-refractivity contribution >= 4 is 41.6 Å². The molecule has 0 aliphatic rings. The lowest BCUT2D eigenvalue weighted by Gasteiger charge is -2.17. The van der Waals surface area contributed by atoms with E-state index in [9.17, 15) is 0 Å². The molecule has 32 heavy (non-hydrogen) atoms. The first-order valence-electron chi connectivity index (χ1n) is 12.5. The zero-order valence-electron chi connectivity index (χ0n) is 21.2. The summed E-state index contributed by atoms with van der Waals surface area (Å²) in [5.74, 6) is 2.78. The summed E-state index contributed by atoms with van der Waals surface area (Å²) in [5, 5.41) is 4.66. The van der Waals surface area contributed by atoms with Crippen molar-refractivity contribution in [3.05, 3.63) is 91.0 Å². The standard InChI is InChI=1S/3C6H5.3C4H9.2Al/c3*1-2-4-6-5-3-1;3*1-4(2)3;;/h3*1-5H;3*4H,1H2,2-3H3;;. The highest BCUT2D eigenvalue weighted by molar-refractivity contribution is 6.95.